The van der Waals surface area contributed by atoms with E-state index in [0.29, 0.717) is 18.9 Å². The fourth-order valence-electron chi connectivity index (χ4n) is 1.88. The molecule has 19 heavy (non-hydrogen) atoms. The van der Waals surface area contributed by atoms with Gasteiger partial charge in [0.2, 0.25) is 0 Å². The molecule has 3 nitrogen and oxygen atoms in total. The highest BCUT2D eigenvalue weighted by atomic mass is 16.3. The summed E-state index contributed by atoms with van der Waals surface area (Å²) in [4.78, 5) is 14.0. The van der Waals surface area contributed by atoms with Crippen LogP contribution in [0.5, 0.6) is 0 Å². The number of nitrogens with zero attached hydrogens (tertiary/aromatic N) is 1. The molecule has 1 N–H and O–H groups in total. The highest BCUT2D eigenvalue weighted by molar-refractivity contribution is 5.97. The Morgan fingerprint density at radius 2 is 1.79 bits per heavy atom. The van der Waals surface area contributed by atoms with Crippen molar-refractivity contribution >= 4 is 5.78 Å². The average molecular weight is 263 g/mol. The third-order valence-corrected chi connectivity index (χ3v) is 3.24. The van der Waals surface area contributed by atoms with Gasteiger partial charge in [0.25, 0.3) is 0 Å². The van der Waals surface area contributed by atoms with E-state index in [1.165, 1.54) is 5.56 Å². The predicted molar refractivity (Wildman–Crippen MR) is 78.7 cm³/mol. The minimum Gasteiger partial charge on any atom is -0.393 e. The van der Waals surface area contributed by atoms with Crippen LogP contribution in [0.4, 0.5) is 0 Å². The summed E-state index contributed by atoms with van der Waals surface area (Å²) in [6.45, 7) is 7.17. The van der Waals surface area contributed by atoms with E-state index < -0.39 is 0 Å². The van der Waals surface area contributed by atoms with E-state index in [1.807, 2.05) is 36.2 Å². The van der Waals surface area contributed by atoms with Gasteiger partial charge in [0.15, 0.2) is 5.78 Å². The second-order valence-corrected chi connectivity index (χ2v) is 5.58. The van der Waals surface area contributed by atoms with Crippen molar-refractivity contribution in [2.24, 2.45) is 0 Å². The molecule has 0 aliphatic heterocycles. The molecular formula is C16H25NO2. The van der Waals surface area contributed by atoms with Crippen molar-refractivity contribution in [2.45, 2.75) is 39.2 Å². The van der Waals surface area contributed by atoms with Gasteiger partial charge in [-0.1, -0.05) is 38.1 Å². The van der Waals surface area contributed by atoms with Crippen LogP contribution in [-0.2, 0) is 0 Å². The molecule has 0 aliphatic rings. The third-order valence-electron chi connectivity index (χ3n) is 3.24. The lowest BCUT2D eigenvalue weighted by Crippen LogP contribution is -2.28. The minimum absolute atomic E-state index is 0.128. The summed E-state index contributed by atoms with van der Waals surface area (Å²) < 4.78 is 0. The first-order chi connectivity index (χ1) is 8.90. The summed E-state index contributed by atoms with van der Waals surface area (Å²) >= 11 is 0. The zero-order valence-electron chi connectivity index (χ0n) is 12.4. The van der Waals surface area contributed by atoms with Gasteiger partial charge in [-0.05, 0) is 31.9 Å². The van der Waals surface area contributed by atoms with Gasteiger partial charge in [0.05, 0.1) is 12.6 Å². The fourth-order valence-corrected chi connectivity index (χ4v) is 1.88. The van der Waals surface area contributed by atoms with Crippen molar-refractivity contribution in [3.05, 3.63) is 35.4 Å². The number of aliphatic hydroxyl groups is 1. The van der Waals surface area contributed by atoms with Gasteiger partial charge >= 0.3 is 0 Å². The Labute approximate surface area is 116 Å². The van der Waals surface area contributed by atoms with E-state index >= 15 is 0 Å². The standard InChI is InChI=1S/C16H25NO2/c1-12(2)14-5-7-15(8-6-14)16(19)11-17(4)10-9-13(3)18/h5-8,12-13,18H,9-11H2,1-4H3. The van der Waals surface area contributed by atoms with Gasteiger partial charge in [0, 0.05) is 12.1 Å². The van der Waals surface area contributed by atoms with Gasteiger partial charge in [0.1, 0.15) is 0 Å². The smallest absolute Gasteiger partial charge is 0.176 e. The number of ketones is 1. The quantitative estimate of drug-likeness (QED) is 0.769. The molecule has 1 aromatic carbocycles. The van der Waals surface area contributed by atoms with Gasteiger partial charge < -0.3 is 5.11 Å². The molecular weight excluding hydrogens is 238 g/mol. The first kappa shape index (κ1) is 15.9. The Balaban J connectivity index is 2.53. The zero-order chi connectivity index (χ0) is 14.4. The first-order valence-electron chi connectivity index (χ1n) is 6.90. The number of Topliss-reactive ketones (excluding diaryl/α,β-unsaturated/α-hetero) is 1. The molecule has 1 atom stereocenters. The fraction of sp³-hybridized carbons (Fsp3) is 0.562. The Bertz CT molecular complexity index is 396. The van der Waals surface area contributed by atoms with Crippen LogP contribution in [0.1, 0.15) is 49.0 Å². The summed E-state index contributed by atoms with van der Waals surface area (Å²) in [6, 6.07) is 7.85. The van der Waals surface area contributed by atoms with E-state index in [0.717, 1.165) is 12.1 Å². The Morgan fingerprint density at radius 1 is 1.21 bits per heavy atom. The monoisotopic (exact) mass is 263 g/mol. The minimum atomic E-state index is -0.317. The molecule has 0 radical (unpaired) electrons. The van der Waals surface area contributed by atoms with E-state index in [4.69, 9.17) is 0 Å². The van der Waals surface area contributed by atoms with Crippen LogP contribution < -0.4 is 0 Å². The van der Waals surface area contributed by atoms with Crippen LogP contribution in [0.15, 0.2) is 24.3 Å². The number of hydrogen-bond acceptors (Lipinski definition) is 3. The Hall–Kier alpha value is -1.19. The van der Waals surface area contributed by atoms with Crippen molar-refractivity contribution < 1.29 is 9.90 Å². The highest BCUT2D eigenvalue weighted by Gasteiger charge is 2.10. The molecule has 1 aromatic rings. The molecule has 106 valence electrons. The molecule has 0 saturated heterocycles. The number of carbonyl (C=O) groups excluding carboxylic acids is 1. The molecule has 3 heteroatoms. The summed E-state index contributed by atoms with van der Waals surface area (Å²) in [7, 11) is 1.91. The molecule has 0 heterocycles. The van der Waals surface area contributed by atoms with Gasteiger partial charge in [-0.2, -0.15) is 0 Å². The van der Waals surface area contributed by atoms with Crippen LogP contribution >= 0.6 is 0 Å². The molecule has 0 spiro atoms. The third kappa shape index (κ3) is 5.53. The maximum absolute atomic E-state index is 12.1. The number of carbonyl (C=O) groups is 1. The van der Waals surface area contributed by atoms with Crippen molar-refractivity contribution in [2.75, 3.05) is 20.1 Å². The maximum atomic E-state index is 12.1. The Morgan fingerprint density at radius 3 is 2.26 bits per heavy atom. The number of rotatable bonds is 7. The van der Waals surface area contributed by atoms with Crippen LogP contribution in [0, 0.1) is 0 Å². The number of likely N-dealkylation sites (N-methyl/N-ethyl adjacent to an activating group) is 1. The summed E-state index contributed by atoms with van der Waals surface area (Å²) in [6.07, 6.45) is 0.374. The topological polar surface area (TPSA) is 40.5 Å². The van der Waals surface area contributed by atoms with Crippen LogP contribution in [-0.4, -0.2) is 42.0 Å². The lowest BCUT2D eigenvalue weighted by Gasteiger charge is -2.16. The van der Waals surface area contributed by atoms with Crippen molar-refractivity contribution in [1.82, 2.24) is 4.90 Å². The molecule has 0 saturated carbocycles. The second-order valence-electron chi connectivity index (χ2n) is 5.58. The van der Waals surface area contributed by atoms with Gasteiger partial charge in [-0.3, -0.25) is 9.69 Å². The molecule has 0 aromatic heterocycles. The predicted octanol–water partition coefficient (Wildman–Crippen LogP) is 2.70. The van der Waals surface area contributed by atoms with Gasteiger partial charge in [-0.25, -0.2) is 0 Å². The molecule has 0 aliphatic carbocycles. The van der Waals surface area contributed by atoms with Crippen LogP contribution in [0.25, 0.3) is 0 Å². The SMILES string of the molecule is CC(O)CCN(C)CC(=O)c1ccc(C(C)C)cc1. The van der Waals surface area contributed by atoms with Crippen molar-refractivity contribution in [1.29, 1.82) is 0 Å². The molecule has 0 amide bonds. The van der Waals surface area contributed by atoms with Crippen LogP contribution in [0.3, 0.4) is 0 Å². The number of aliphatic hydroxyl groups excluding tert-OH is 1. The second kappa shape index (κ2) is 7.41. The number of benzene rings is 1. The Kier molecular flexibility index (Phi) is 6.19. The summed E-state index contributed by atoms with van der Waals surface area (Å²) in [5, 5.41) is 9.22. The van der Waals surface area contributed by atoms with E-state index in [9.17, 15) is 9.90 Å². The molecule has 1 unspecified atom stereocenters. The van der Waals surface area contributed by atoms with Crippen LogP contribution in [0.2, 0.25) is 0 Å². The zero-order valence-corrected chi connectivity index (χ0v) is 12.4. The summed E-state index contributed by atoms with van der Waals surface area (Å²) in [5.41, 5.74) is 2.01. The lowest BCUT2D eigenvalue weighted by molar-refractivity contribution is 0.0931. The largest absolute Gasteiger partial charge is 0.393 e. The first-order valence-corrected chi connectivity index (χ1v) is 6.90. The van der Waals surface area contributed by atoms with Crippen molar-refractivity contribution in [3.63, 3.8) is 0 Å². The van der Waals surface area contributed by atoms with Crippen molar-refractivity contribution in [3.8, 4) is 0 Å². The van der Waals surface area contributed by atoms with E-state index in [1.54, 1.807) is 6.92 Å². The normalized spacial score (nSPS) is 13.0. The number of hydrogen-bond donors (Lipinski definition) is 1. The van der Waals surface area contributed by atoms with E-state index in [-0.39, 0.29) is 11.9 Å². The maximum Gasteiger partial charge on any atom is 0.176 e. The molecule has 0 fully saturated rings. The molecule has 1 rings (SSSR count). The highest BCUT2D eigenvalue weighted by Crippen LogP contribution is 2.15. The van der Waals surface area contributed by atoms with E-state index in [2.05, 4.69) is 13.8 Å². The lowest BCUT2D eigenvalue weighted by atomic mass is 10.0. The summed E-state index contributed by atoms with van der Waals surface area (Å²) in [5.74, 6) is 0.612. The molecule has 0 bridgehead atoms. The average Bonchev–Trinajstić information content (AvgIpc) is 2.36. The van der Waals surface area contributed by atoms with Gasteiger partial charge in [-0.15, -0.1) is 0 Å².